The SMILES string of the molecule is c1cc(-c2cccc3oc4c5ccccc5ccc4c23)cc(N(c2ccc(-c3ccc4c(c3)oc3ccccc34)cc2)c2ccc(-c3ccccc3-n3c4ccccc4c4ccccc43)cc2)c1. The highest BCUT2D eigenvalue weighted by Crippen LogP contribution is 2.44. The van der Waals surface area contributed by atoms with Crippen molar-refractivity contribution in [3.63, 3.8) is 0 Å². The average molecular weight is 869 g/mol. The molecule has 318 valence electrons. The molecule has 3 aromatic heterocycles. The fraction of sp³-hybridized carbons (Fsp3) is 0. The molecule has 4 heteroatoms. The minimum atomic E-state index is 0.879. The Morgan fingerprint density at radius 2 is 0.897 bits per heavy atom. The molecule has 0 N–H and O–H groups in total. The van der Waals surface area contributed by atoms with Crippen molar-refractivity contribution in [3.05, 3.63) is 243 Å². The minimum Gasteiger partial charge on any atom is -0.456 e. The molecule has 0 saturated heterocycles. The van der Waals surface area contributed by atoms with Crippen molar-refractivity contribution in [2.45, 2.75) is 0 Å². The largest absolute Gasteiger partial charge is 0.456 e. The monoisotopic (exact) mass is 868 g/mol. The predicted octanol–water partition coefficient (Wildman–Crippen LogP) is 18.2. The maximum absolute atomic E-state index is 6.63. The summed E-state index contributed by atoms with van der Waals surface area (Å²) in [5.41, 5.74) is 17.0. The molecule has 0 atom stereocenters. The molecule has 0 fully saturated rings. The van der Waals surface area contributed by atoms with Gasteiger partial charge in [0, 0.05) is 60.3 Å². The van der Waals surface area contributed by atoms with Crippen LogP contribution < -0.4 is 4.90 Å². The van der Waals surface area contributed by atoms with Gasteiger partial charge in [0.25, 0.3) is 0 Å². The van der Waals surface area contributed by atoms with Crippen LogP contribution in [0, 0.1) is 0 Å². The highest BCUT2D eigenvalue weighted by atomic mass is 16.3. The number of aromatic nitrogens is 1. The molecule has 0 bridgehead atoms. The van der Waals surface area contributed by atoms with E-state index in [9.17, 15) is 0 Å². The Bertz CT molecular complexity index is 4210. The van der Waals surface area contributed by atoms with Crippen LogP contribution in [0.1, 0.15) is 0 Å². The maximum Gasteiger partial charge on any atom is 0.143 e. The van der Waals surface area contributed by atoms with Gasteiger partial charge in [0.05, 0.1) is 16.7 Å². The van der Waals surface area contributed by atoms with Crippen molar-refractivity contribution in [3.8, 4) is 39.1 Å². The third kappa shape index (κ3) is 6.01. The molecule has 0 unspecified atom stereocenters. The average Bonchev–Trinajstić information content (AvgIpc) is 4.09. The standard InChI is InChI=1S/C64H40N2O2/c1-2-17-51-42(13-1)31-38-56-63-50(21-12-26-61(63)68-64(51)56)45-14-11-15-48(39-45)65(46-33-27-41(28-34-46)44-32-37-55-54-20-6-10-25-60(54)67-62(55)40-44)47-35-29-43(30-36-47)49-16-3-7-22-57(49)66-58-23-8-4-18-52(58)53-19-5-9-24-59(53)66/h1-40H. The summed E-state index contributed by atoms with van der Waals surface area (Å²) in [6, 6.07) is 87.0. The summed E-state index contributed by atoms with van der Waals surface area (Å²) < 4.78 is 15.3. The van der Waals surface area contributed by atoms with Gasteiger partial charge >= 0.3 is 0 Å². The Morgan fingerprint density at radius 1 is 0.309 bits per heavy atom. The normalized spacial score (nSPS) is 11.8. The first-order valence-corrected chi connectivity index (χ1v) is 23.2. The first kappa shape index (κ1) is 38.2. The molecule has 0 aliphatic rings. The molecule has 0 saturated carbocycles. The second-order valence-electron chi connectivity index (χ2n) is 17.6. The zero-order chi connectivity index (χ0) is 44.7. The van der Waals surface area contributed by atoms with Crippen molar-refractivity contribution < 1.29 is 8.83 Å². The predicted molar refractivity (Wildman–Crippen MR) is 284 cm³/mol. The van der Waals surface area contributed by atoms with E-state index in [0.29, 0.717) is 0 Å². The third-order valence-electron chi connectivity index (χ3n) is 13.8. The molecule has 0 aliphatic carbocycles. The van der Waals surface area contributed by atoms with Crippen molar-refractivity contribution in [2.75, 3.05) is 4.90 Å². The van der Waals surface area contributed by atoms with Crippen molar-refractivity contribution in [1.29, 1.82) is 0 Å². The second-order valence-corrected chi connectivity index (χ2v) is 17.6. The highest BCUT2D eigenvalue weighted by molar-refractivity contribution is 6.19. The molecule has 11 aromatic carbocycles. The van der Waals surface area contributed by atoms with E-state index in [0.717, 1.165) is 105 Å². The molecular weight excluding hydrogens is 829 g/mol. The van der Waals surface area contributed by atoms with Crippen LogP contribution in [0.25, 0.3) is 116 Å². The van der Waals surface area contributed by atoms with Gasteiger partial charge in [-0.2, -0.15) is 0 Å². The summed E-state index contributed by atoms with van der Waals surface area (Å²) in [4.78, 5) is 2.36. The van der Waals surface area contributed by atoms with E-state index in [2.05, 4.69) is 240 Å². The van der Waals surface area contributed by atoms with Crippen LogP contribution in [0.2, 0.25) is 0 Å². The zero-order valence-corrected chi connectivity index (χ0v) is 36.8. The van der Waals surface area contributed by atoms with Crippen LogP contribution in [-0.2, 0) is 0 Å². The number of hydrogen-bond donors (Lipinski definition) is 0. The lowest BCUT2D eigenvalue weighted by molar-refractivity contribution is 0.669. The second kappa shape index (κ2) is 15.2. The first-order valence-electron chi connectivity index (χ1n) is 23.2. The summed E-state index contributed by atoms with van der Waals surface area (Å²) >= 11 is 0. The molecule has 4 nitrogen and oxygen atoms in total. The number of hydrogen-bond acceptors (Lipinski definition) is 3. The molecule has 14 rings (SSSR count). The van der Waals surface area contributed by atoms with Crippen LogP contribution in [0.3, 0.4) is 0 Å². The zero-order valence-electron chi connectivity index (χ0n) is 36.8. The third-order valence-corrected chi connectivity index (χ3v) is 13.8. The fourth-order valence-corrected chi connectivity index (χ4v) is 10.6. The Morgan fingerprint density at radius 3 is 1.69 bits per heavy atom. The van der Waals surface area contributed by atoms with E-state index in [-0.39, 0.29) is 0 Å². The van der Waals surface area contributed by atoms with E-state index in [1.165, 1.54) is 27.2 Å². The Labute approximate surface area is 391 Å². The number of nitrogens with zero attached hydrogens (tertiary/aromatic N) is 2. The van der Waals surface area contributed by atoms with E-state index in [1.54, 1.807) is 0 Å². The van der Waals surface area contributed by atoms with Crippen LogP contribution in [0.4, 0.5) is 17.1 Å². The van der Waals surface area contributed by atoms with Gasteiger partial charge in [-0.05, 0) is 118 Å². The Kier molecular flexibility index (Phi) is 8.55. The van der Waals surface area contributed by atoms with E-state index < -0.39 is 0 Å². The van der Waals surface area contributed by atoms with Gasteiger partial charge in [0.15, 0.2) is 0 Å². The Hall–Kier alpha value is -9.12. The van der Waals surface area contributed by atoms with E-state index in [4.69, 9.17) is 8.83 Å². The van der Waals surface area contributed by atoms with Gasteiger partial charge in [0.2, 0.25) is 0 Å². The number of anilines is 3. The lowest BCUT2D eigenvalue weighted by Crippen LogP contribution is -2.10. The smallest absolute Gasteiger partial charge is 0.143 e. The highest BCUT2D eigenvalue weighted by Gasteiger charge is 2.20. The molecule has 0 aliphatic heterocycles. The van der Waals surface area contributed by atoms with Gasteiger partial charge in [-0.25, -0.2) is 0 Å². The summed E-state index contributed by atoms with van der Waals surface area (Å²) in [5.74, 6) is 0. The van der Waals surface area contributed by atoms with Crippen LogP contribution >= 0.6 is 0 Å². The number of furan rings is 2. The lowest BCUT2D eigenvalue weighted by atomic mass is 9.97. The molecule has 14 aromatic rings. The molecule has 3 heterocycles. The molecule has 0 amide bonds. The Balaban J connectivity index is 0.897. The van der Waals surface area contributed by atoms with Crippen molar-refractivity contribution in [1.82, 2.24) is 4.57 Å². The van der Waals surface area contributed by atoms with Gasteiger partial charge < -0.3 is 18.3 Å². The molecule has 0 radical (unpaired) electrons. The van der Waals surface area contributed by atoms with Crippen LogP contribution in [0.15, 0.2) is 251 Å². The first-order chi connectivity index (χ1) is 33.7. The van der Waals surface area contributed by atoms with Crippen molar-refractivity contribution in [2.24, 2.45) is 0 Å². The maximum atomic E-state index is 6.63. The quantitative estimate of drug-likeness (QED) is 0.160. The van der Waals surface area contributed by atoms with E-state index in [1.807, 2.05) is 12.1 Å². The van der Waals surface area contributed by atoms with E-state index >= 15 is 0 Å². The van der Waals surface area contributed by atoms with Gasteiger partial charge in [-0.1, -0.05) is 158 Å². The number of benzene rings is 11. The van der Waals surface area contributed by atoms with Gasteiger partial charge in [0.1, 0.15) is 22.3 Å². The molecular formula is C64H40N2O2. The molecule has 0 spiro atoms. The van der Waals surface area contributed by atoms with Crippen LogP contribution in [-0.4, -0.2) is 4.57 Å². The fourth-order valence-electron chi connectivity index (χ4n) is 10.6. The lowest BCUT2D eigenvalue weighted by Gasteiger charge is -2.26. The van der Waals surface area contributed by atoms with Gasteiger partial charge in [-0.3, -0.25) is 0 Å². The van der Waals surface area contributed by atoms with Gasteiger partial charge in [-0.15, -0.1) is 0 Å². The summed E-state index contributed by atoms with van der Waals surface area (Å²) in [6.45, 7) is 0. The molecule has 68 heavy (non-hydrogen) atoms. The number of fused-ring (bicyclic) bond motifs is 11. The summed E-state index contributed by atoms with van der Waals surface area (Å²) in [5, 5.41) is 9.28. The topological polar surface area (TPSA) is 34.5 Å². The van der Waals surface area contributed by atoms with Crippen molar-refractivity contribution >= 4 is 93.5 Å². The summed E-state index contributed by atoms with van der Waals surface area (Å²) in [6.07, 6.45) is 0. The number of para-hydroxylation sites is 4. The number of rotatable bonds is 7. The minimum absolute atomic E-state index is 0.879. The van der Waals surface area contributed by atoms with Crippen LogP contribution in [0.5, 0.6) is 0 Å². The summed E-state index contributed by atoms with van der Waals surface area (Å²) in [7, 11) is 0.